The molecule has 20 heavy (non-hydrogen) atoms. The highest BCUT2D eigenvalue weighted by Gasteiger charge is 2.24. The second-order valence-corrected chi connectivity index (χ2v) is 6.32. The topological polar surface area (TPSA) is 78.9 Å². The first kappa shape index (κ1) is 16.6. The van der Waals surface area contributed by atoms with Crippen LogP contribution in [-0.2, 0) is 13.8 Å². The monoisotopic (exact) mass is 322 g/mol. The summed E-state index contributed by atoms with van der Waals surface area (Å²) in [6, 6.07) is 2.43. The molecule has 0 amide bonds. The third kappa shape index (κ3) is 3.77. The zero-order valence-corrected chi connectivity index (χ0v) is 12.9. The Bertz CT molecular complexity index is 596. The predicted molar refractivity (Wildman–Crippen MR) is 73.2 cm³/mol. The molecule has 0 heterocycles. The highest BCUT2D eigenvalue weighted by molar-refractivity contribution is 8.13. The van der Waals surface area contributed by atoms with E-state index in [1.807, 2.05) is 6.92 Å². The first-order valence-electron chi connectivity index (χ1n) is 5.73. The van der Waals surface area contributed by atoms with Gasteiger partial charge in [0.25, 0.3) is 9.05 Å². The van der Waals surface area contributed by atoms with Gasteiger partial charge >= 0.3 is 5.97 Å². The van der Waals surface area contributed by atoms with Crippen LogP contribution in [0.4, 0.5) is 0 Å². The van der Waals surface area contributed by atoms with Gasteiger partial charge in [0, 0.05) is 10.7 Å². The van der Waals surface area contributed by atoms with Gasteiger partial charge in [0.05, 0.1) is 26.4 Å². The van der Waals surface area contributed by atoms with E-state index in [4.69, 9.17) is 24.9 Å². The Morgan fingerprint density at radius 3 is 2.35 bits per heavy atom. The van der Waals surface area contributed by atoms with Crippen molar-refractivity contribution in [1.29, 1.82) is 0 Å². The highest BCUT2D eigenvalue weighted by Crippen LogP contribution is 2.37. The van der Waals surface area contributed by atoms with Crippen molar-refractivity contribution in [3.63, 3.8) is 0 Å². The molecule has 1 aromatic carbocycles. The molecule has 1 rings (SSSR count). The van der Waals surface area contributed by atoms with Crippen LogP contribution < -0.4 is 9.47 Å². The minimum absolute atomic E-state index is 0.0234. The summed E-state index contributed by atoms with van der Waals surface area (Å²) in [5.74, 6) is -0.637. The lowest BCUT2D eigenvalue weighted by molar-refractivity contribution is 0.0504. The quantitative estimate of drug-likeness (QED) is 0.590. The molecule has 0 atom stereocenters. The van der Waals surface area contributed by atoms with Crippen LogP contribution in [0.3, 0.4) is 0 Å². The highest BCUT2D eigenvalue weighted by atomic mass is 35.7. The van der Waals surface area contributed by atoms with Crippen molar-refractivity contribution < 1.29 is 27.4 Å². The van der Waals surface area contributed by atoms with E-state index in [1.54, 1.807) is 0 Å². The Morgan fingerprint density at radius 1 is 1.25 bits per heavy atom. The molecule has 0 aromatic heterocycles. The smallest absolute Gasteiger partial charge is 0.338 e. The van der Waals surface area contributed by atoms with Crippen molar-refractivity contribution in [1.82, 2.24) is 0 Å². The van der Waals surface area contributed by atoms with E-state index < -0.39 is 15.0 Å². The van der Waals surface area contributed by atoms with Gasteiger partial charge in [0.1, 0.15) is 4.90 Å². The molecule has 0 bridgehead atoms. The van der Waals surface area contributed by atoms with E-state index >= 15 is 0 Å². The molecule has 0 N–H and O–H groups in total. The molecule has 0 spiro atoms. The first-order chi connectivity index (χ1) is 9.35. The molecule has 0 aliphatic carbocycles. The molecule has 0 aliphatic heterocycles. The number of benzene rings is 1. The minimum atomic E-state index is -4.10. The van der Waals surface area contributed by atoms with Gasteiger partial charge < -0.3 is 14.2 Å². The number of methoxy groups -OCH3 is 2. The normalized spacial score (nSPS) is 11.0. The van der Waals surface area contributed by atoms with Crippen LogP contribution in [0.5, 0.6) is 11.5 Å². The number of carbonyl (C=O) groups is 1. The fourth-order valence-corrected chi connectivity index (χ4v) is 2.52. The van der Waals surface area contributed by atoms with Gasteiger partial charge in [-0.05, 0) is 18.6 Å². The Balaban J connectivity index is 3.40. The molecule has 0 aliphatic rings. The zero-order valence-electron chi connectivity index (χ0n) is 11.3. The Morgan fingerprint density at radius 2 is 1.90 bits per heavy atom. The SMILES string of the molecule is CCCOC(=O)c1cc(OC)c(OC)c(S(=O)(=O)Cl)c1. The summed E-state index contributed by atoms with van der Waals surface area (Å²) < 4.78 is 38.0. The van der Waals surface area contributed by atoms with Crippen molar-refractivity contribution in [3.05, 3.63) is 17.7 Å². The van der Waals surface area contributed by atoms with Gasteiger partial charge in [0.2, 0.25) is 0 Å². The maximum Gasteiger partial charge on any atom is 0.338 e. The molecule has 8 heteroatoms. The number of rotatable bonds is 6. The number of hydrogen-bond acceptors (Lipinski definition) is 6. The van der Waals surface area contributed by atoms with E-state index in [2.05, 4.69) is 0 Å². The summed E-state index contributed by atoms with van der Waals surface area (Å²) in [5.41, 5.74) is 0.0234. The Labute approximate surface area is 122 Å². The van der Waals surface area contributed by atoms with Crippen molar-refractivity contribution in [2.45, 2.75) is 18.2 Å². The summed E-state index contributed by atoms with van der Waals surface area (Å²) in [4.78, 5) is 11.5. The van der Waals surface area contributed by atoms with Crippen molar-refractivity contribution in [2.75, 3.05) is 20.8 Å². The summed E-state index contributed by atoms with van der Waals surface area (Å²) in [5, 5.41) is 0. The number of hydrogen-bond donors (Lipinski definition) is 0. The molecule has 6 nitrogen and oxygen atoms in total. The van der Waals surface area contributed by atoms with Gasteiger partial charge in [0.15, 0.2) is 11.5 Å². The molecule has 0 radical (unpaired) electrons. The molecule has 1 aromatic rings. The van der Waals surface area contributed by atoms with Crippen LogP contribution in [0, 0.1) is 0 Å². The van der Waals surface area contributed by atoms with Gasteiger partial charge in [-0.3, -0.25) is 0 Å². The maximum absolute atomic E-state index is 11.8. The lowest BCUT2D eigenvalue weighted by Crippen LogP contribution is -2.08. The average molecular weight is 323 g/mol. The van der Waals surface area contributed by atoms with Crippen LogP contribution in [0.1, 0.15) is 23.7 Å². The van der Waals surface area contributed by atoms with Crippen LogP contribution in [0.2, 0.25) is 0 Å². The summed E-state index contributed by atoms with van der Waals surface area (Å²) in [6.07, 6.45) is 0.652. The average Bonchev–Trinajstić information content (AvgIpc) is 2.41. The largest absolute Gasteiger partial charge is 0.493 e. The van der Waals surface area contributed by atoms with Crippen molar-refractivity contribution in [3.8, 4) is 11.5 Å². The fourth-order valence-electron chi connectivity index (χ4n) is 1.51. The molecule has 0 unspecified atom stereocenters. The third-order valence-corrected chi connectivity index (χ3v) is 3.71. The second-order valence-electron chi connectivity index (χ2n) is 3.78. The van der Waals surface area contributed by atoms with E-state index in [9.17, 15) is 13.2 Å². The molecular formula is C12H15ClO6S. The number of esters is 1. The van der Waals surface area contributed by atoms with Gasteiger partial charge in [-0.2, -0.15) is 0 Å². The van der Waals surface area contributed by atoms with Crippen LogP contribution in [0.15, 0.2) is 17.0 Å². The van der Waals surface area contributed by atoms with E-state index in [-0.39, 0.29) is 28.6 Å². The maximum atomic E-state index is 11.8. The van der Waals surface area contributed by atoms with Gasteiger partial charge in [-0.1, -0.05) is 6.92 Å². The van der Waals surface area contributed by atoms with Crippen LogP contribution in [-0.4, -0.2) is 35.2 Å². The van der Waals surface area contributed by atoms with Crippen molar-refractivity contribution in [2.24, 2.45) is 0 Å². The lowest BCUT2D eigenvalue weighted by atomic mass is 10.2. The molecule has 0 fully saturated rings. The molecule has 112 valence electrons. The standard InChI is InChI=1S/C12H15ClO6S/c1-4-5-19-12(14)8-6-9(17-2)11(18-3)10(7-8)20(13,15)16/h6-7H,4-5H2,1-3H3. The third-order valence-electron chi connectivity index (χ3n) is 2.38. The van der Waals surface area contributed by atoms with Gasteiger partial charge in [-0.25, -0.2) is 13.2 Å². The Kier molecular flexibility index (Phi) is 5.64. The molecule has 0 saturated heterocycles. The Hall–Kier alpha value is -1.47. The van der Waals surface area contributed by atoms with E-state index in [1.165, 1.54) is 20.3 Å². The molecular weight excluding hydrogens is 308 g/mol. The minimum Gasteiger partial charge on any atom is -0.493 e. The second kappa shape index (κ2) is 6.81. The predicted octanol–water partition coefficient (Wildman–Crippen LogP) is 2.20. The number of ether oxygens (including phenoxy) is 3. The number of carbonyl (C=O) groups excluding carboxylic acids is 1. The molecule has 0 saturated carbocycles. The number of halogens is 1. The summed E-state index contributed by atoms with van der Waals surface area (Å²) in [7, 11) is 3.84. The summed E-state index contributed by atoms with van der Waals surface area (Å²) >= 11 is 0. The fraction of sp³-hybridized carbons (Fsp3) is 0.417. The van der Waals surface area contributed by atoms with Crippen molar-refractivity contribution >= 4 is 25.7 Å². The van der Waals surface area contributed by atoms with Crippen LogP contribution >= 0.6 is 10.7 Å². The van der Waals surface area contributed by atoms with E-state index in [0.717, 1.165) is 6.07 Å². The lowest BCUT2D eigenvalue weighted by Gasteiger charge is -2.13. The van der Waals surface area contributed by atoms with E-state index in [0.29, 0.717) is 6.42 Å². The zero-order chi connectivity index (χ0) is 15.3. The van der Waals surface area contributed by atoms with Crippen LogP contribution in [0.25, 0.3) is 0 Å². The first-order valence-corrected chi connectivity index (χ1v) is 8.03. The van der Waals surface area contributed by atoms with Gasteiger partial charge in [-0.15, -0.1) is 0 Å². The summed E-state index contributed by atoms with van der Waals surface area (Å²) in [6.45, 7) is 2.08.